The van der Waals surface area contributed by atoms with E-state index in [9.17, 15) is 0 Å². The van der Waals surface area contributed by atoms with Gasteiger partial charge in [-0.3, -0.25) is 4.68 Å². The summed E-state index contributed by atoms with van der Waals surface area (Å²) >= 11 is 3.59. The van der Waals surface area contributed by atoms with Crippen molar-refractivity contribution in [3.63, 3.8) is 0 Å². The second-order valence-corrected chi connectivity index (χ2v) is 5.54. The molecule has 2 N–H and O–H groups in total. The molecular weight excluding hydrogens is 292 g/mol. The van der Waals surface area contributed by atoms with Crippen molar-refractivity contribution in [2.24, 2.45) is 12.8 Å². The lowest BCUT2D eigenvalue weighted by molar-refractivity contribution is 0.289. The summed E-state index contributed by atoms with van der Waals surface area (Å²) in [6.07, 6.45) is 1.90. The van der Waals surface area contributed by atoms with Crippen LogP contribution in [0, 0.1) is 6.92 Å². The number of hydrogen-bond acceptors (Lipinski definition) is 3. The molecule has 1 aromatic rings. The van der Waals surface area contributed by atoms with Crippen molar-refractivity contribution in [2.45, 2.75) is 39.7 Å². The Hall–Kier alpha value is -0.390. The van der Waals surface area contributed by atoms with Crippen LogP contribution < -0.4 is 5.73 Å². The van der Waals surface area contributed by atoms with Crippen LogP contribution in [0.2, 0.25) is 0 Å². The first-order valence-corrected chi connectivity index (χ1v) is 7.44. The van der Waals surface area contributed by atoms with Gasteiger partial charge in [-0.05, 0) is 48.9 Å². The molecular formula is C13H25BrN4. The van der Waals surface area contributed by atoms with Gasteiger partial charge in [-0.2, -0.15) is 5.10 Å². The summed E-state index contributed by atoms with van der Waals surface area (Å²) < 4.78 is 3.03. The highest BCUT2D eigenvalue weighted by atomic mass is 79.9. The molecule has 5 heteroatoms. The van der Waals surface area contributed by atoms with E-state index in [0.29, 0.717) is 0 Å². The molecule has 4 nitrogen and oxygen atoms in total. The summed E-state index contributed by atoms with van der Waals surface area (Å²) in [5, 5.41) is 4.40. The normalized spacial score (nSPS) is 13.3. The van der Waals surface area contributed by atoms with Crippen LogP contribution >= 0.6 is 15.9 Å². The number of rotatable bonds is 7. The van der Waals surface area contributed by atoms with Crippen molar-refractivity contribution in [3.05, 3.63) is 15.9 Å². The first kappa shape index (κ1) is 15.7. The average molecular weight is 317 g/mol. The van der Waals surface area contributed by atoms with Crippen LogP contribution in [0.25, 0.3) is 0 Å². The van der Waals surface area contributed by atoms with Gasteiger partial charge in [-0.25, -0.2) is 0 Å². The van der Waals surface area contributed by atoms with Crippen LogP contribution in [0.4, 0.5) is 0 Å². The van der Waals surface area contributed by atoms with Crippen molar-refractivity contribution < 1.29 is 0 Å². The van der Waals surface area contributed by atoms with Crippen molar-refractivity contribution in [2.75, 3.05) is 19.6 Å². The topological polar surface area (TPSA) is 47.1 Å². The lowest BCUT2D eigenvalue weighted by Crippen LogP contribution is -2.32. The molecule has 0 spiro atoms. The van der Waals surface area contributed by atoms with Crippen LogP contribution in [-0.2, 0) is 13.5 Å². The monoisotopic (exact) mass is 316 g/mol. The number of hydrogen-bond donors (Lipinski definition) is 1. The zero-order valence-corrected chi connectivity index (χ0v) is 13.5. The predicted molar refractivity (Wildman–Crippen MR) is 79.7 cm³/mol. The van der Waals surface area contributed by atoms with Crippen molar-refractivity contribution >= 4 is 15.9 Å². The fourth-order valence-corrected chi connectivity index (χ4v) is 2.64. The van der Waals surface area contributed by atoms with Crippen molar-refractivity contribution in [1.29, 1.82) is 0 Å². The Kier molecular flexibility index (Phi) is 6.32. The molecule has 1 rings (SSSR count). The van der Waals surface area contributed by atoms with Gasteiger partial charge in [0.1, 0.15) is 0 Å². The van der Waals surface area contributed by atoms with Crippen LogP contribution in [0.5, 0.6) is 0 Å². The molecule has 0 aromatic carbocycles. The van der Waals surface area contributed by atoms with Crippen LogP contribution in [0.3, 0.4) is 0 Å². The highest BCUT2D eigenvalue weighted by molar-refractivity contribution is 9.10. The Morgan fingerprint density at radius 1 is 1.39 bits per heavy atom. The molecule has 0 aliphatic carbocycles. The molecule has 1 heterocycles. The van der Waals surface area contributed by atoms with Gasteiger partial charge in [0.05, 0.1) is 15.9 Å². The minimum Gasteiger partial charge on any atom is -0.327 e. The molecule has 0 radical (unpaired) electrons. The van der Waals surface area contributed by atoms with E-state index in [4.69, 9.17) is 5.73 Å². The molecule has 0 saturated carbocycles. The van der Waals surface area contributed by atoms with E-state index in [2.05, 4.69) is 39.8 Å². The van der Waals surface area contributed by atoms with E-state index >= 15 is 0 Å². The van der Waals surface area contributed by atoms with E-state index in [1.165, 1.54) is 5.69 Å². The standard InChI is InChI=1S/C13H25BrN4/c1-5-18(6-2)8-7-11(15)9-12-13(14)10(3)16-17(12)4/h11H,5-9,15H2,1-4H3. The summed E-state index contributed by atoms with van der Waals surface area (Å²) in [5.74, 6) is 0. The van der Waals surface area contributed by atoms with Gasteiger partial charge >= 0.3 is 0 Å². The molecule has 0 aliphatic rings. The molecule has 18 heavy (non-hydrogen) atoms. The maximum Gasteiger partial charge on any atom is 0.0738 e. The summed E-state index contributed by atoms with van der Waals surface area (Å²) in [4.78, 5) is 2.41. The Morgan fingerprint density at radius 2 is 2.00 bits per heavy atom. The molecule has 1 unspecified atom stereocenters. The molecule has 0 saturated heterocycles. The van der Waals surface area contributed by atoms with E-state index in [1.807, 2.05) is 18.7 Å². The SMILES string of the molecule is CCN(CC)CCC(N)Cc1c(Br)c(C)nn1C. The number of nitrogens with two attached hydrogens (primary N) is 1. The van der Waals surface area contributed by atoms with E-state index in [0.717, 1.165) is 42.6 Å². The van der Waals surface area contributed by atoms with Crippen LogP contribution in [0.1, 0.15) is 31.7 Å². The fourth-order valence-electron chi connectivity index (χ4n) is 2.14. The van der Waals surface area contributed by atoms with Gasteiger partial charge in [-0.15, -0.1) is 0 Å². The number of aryl methyl sites for hydroxylation is 2. The fraction of sp³-hybridized carbons (Fsp3) is 0.769. The van der Waals surface area contributed by atoms with E-state index in [-0.39, 0.29) is 6.04 Å². The summed E-state index contributed by atoms with van der Waals surface area (Å²) in [7, 11) is 1.98. The zero-order valence-electron chi connectivity index (χ0n) is 11.9. The average Bonchev–Trinajstić information content (AvgIpc) is 2.57. The zero-order chi connectivity index (χ0) is 13.7. The van der Waals surface area contributed by atoms with Gasteiger partial charge < -0.3 is 10.6 Å². The molecule has 0 fully saturated rings. The third-order valence-corrected chi connectivity index (χ3v) is 4.46. The third-order valence-electron chi connectivity index (χ3n) is 3.43. The first-order valence-electron chi connectivity index (χ1n) is 6.65. The smallest absolute Gasteiger partial charge is 0.0738 e. The van der Waals surface area contributed by atoms with Gasteiger partial charge in [-0.1, -0.05) is 13.8 Å². The summed E-state index contributed by atoms with van der Waals surface area (Å²) in [6.45, 7) is 9.65. The van der Waals surface area contributed by atoms with Crippen molar-refractivity contribution in [1.82, 2.24) is 14.7 Å². The molecule has 104 valence electrons. The Labute approximate surface area is 119 Å². The number of aromatic nitrogens is 2. The molecule has 0 amide bonds. The number of nitrogens with zero attached hydrogens (tertiary/aromatic N) is 3. The Bertz CT molecular complexity index is 371. The molecule has 0 bridgehead atoms. The second-order valence-electron chi connectivity index (χ2n) is 4.75. The lowest BCUT2D eigenvalue weighted by atomic mass is 10.1. The first-order chi connectivity index (χ1) is 8.49. The van der Waals surface area contributed by atoms with Gasteiger partial charge in [0.15, 0.2) is 0 Å². The summed E-state index contributed by atoms with van der Waals surface area (Å²) in [5.41, 5.74) is 8.45. The Morgan fingerprint density at radius 3 is 2.44 bits per heavy atom. The Balaban J connectivity index is 2.51. The van der Waals surface area contributed by atoms with E-state index < -0.39 is 0 Å². The summed E-state index contributed by atoms with van der Waals surface area (Å²) in [6, 6.07) is 0.191. The van der Waals surface area contributed by atoms with Gasteiger partial charge in [0.2, 0.25) is 0 Å². The predicted octanol–water partition coefficient (Wildman–Crippen LogP) is 2.09. The lowest BCUT2D eigenvalue weighted by Gasteiger charge is -2.20. The second kappa shape index (κ2) is 7.26. The van der Waals surface area contributed by atoms with Gasteiger partial charge in [0.25, 0.3) is 0 Å². The maximum absolute atomic E-state index is 6.22. The maximum atomic E-state index is 6.22. The van der Waals surface area contributed by atoms with Crippen LogP contribution in [-0.4, -0.2) is 40.4 Å². The van der Waals surface area contributed by atoms with Crippen molar-refractivity contribution in [3.8, 4) is 0 Å². The number of halogens is 1. The minimum absolute atomic E-state index is 0.191. The largest absolute Gasteiger partial charge is 0.327 e. The third kappa shape index (κ3) is 4.07. The van der Waals surface area contributed by atoms with Gasteiger partial charge in [0, 0.05) is 19.5 Å². The molecule has 0 aliphatic heterocycles. The van der Waals surface area contributed by atoms with Crippen LogP contribution in [0.15, 0.2) is 4.47 Å². The highest BCUT2D eigenvalue weighted by Crippen LogP contribution is 2.21. The molecule has 1 atom stereocenters. The van der Waals surface area contributed by atoms with E-state index in [1.54, 1.807) is 0 Å². The molecule has 1 aromatic heterocycles. The minimum atomic E-state index is 0.191. The quantitative estimate of drug-likeness (QED) is 0.838. The highest BCUT2D eigenvalue weighted by Gasteiger charge is 2.14.